The maximum atomic E-state index is 12.5. The third-order valence-electron chi connectivity index (χ3n) is 4.82. The van der Waals surface area contributed by atoms with Crippen LogP contribution in [0.1, 0.15) is 27.1 Å². The standard InChI is InChI=1S/C22H18N2O4/c1-28-19-11-10-18(14-6-2-3-7-15(14)19)23-20(25)12-13-24-21(26)16-8-4-5-9-17(16)22(24)27/h2-11H,12-13H2,1H3,(H,23,25). The van der Waals surface area contributed by atoms with E-state index in [1.807, 2.05) is 24.3 Å². The Morgan fingerprint density at radius 3 is 2.14 bits per heavy atom. The van der Waals surface area contributed by atoms with Crippen LogP contribution in [0.3, 0.4) is 0 Å². The second-order valence-electron chi connectivity index (χ2n) is 6.47. The van der Waals surface area contributed by atoms with Crippen molar-refractivity contribution in [3.05, 3.63) is 71.8 Å². The zero-order valence-corrected chi connectivity index (χ0v) is 15.3. The fraction of sp³-hybridized carbons (Fsp3) is 0.136. The minimum Gasteiger partial charge on any atom is -0.496 e. The first-order valence-corrected chi connectivity index (χ1v) is 8.91. The van der Waals surface area contributed by atoms with Crippen molar-refractivity contribution >= 4 is 34.2 Å². The molecule has 0 bridgehead atoms. The summed E-state index contributed by atoms with van der Waals surface area (Å²) in [6.07, 6.45) is 0.0197. The highest BCUT2D eigenvalue weighted by atomic mass is 16.5. The first-order valence-electron chi connectivity index (χ1n) is 8.91. The monoisotopic (exact) mass is 374 g/mol. The summed E-state index contributed by atoms with van der Waals surface area (Å²) >= 11 is 0. The molecule has 1 aliphatic heterocycles. The number of hydrogen-bond acceptors (Lipinski definition) is 4. The number of rotatable bonds is 5. The van der Waals surface area contributed by atoms with Crippen LogP contribution in [-0.2, 0) is 4.79 Å². The molecule has 6 heteroatoms. The minimum atomic E-state index is -0.358. The third-order valence-corrected chi connectivity index (χ3v) is 4.82. The third kappa shape index (κ3) is 2.99. The molecule has 0 unspecified atom stereocenters. The van der Waals surface area contributed by atoms with Crippen molar-refractivity contribution in [2.24, 2.45) is 0 Å². The van der Waals surface area contributed by atoms with Gasteiger partial charge in [0.1, 0.15) is 5.75 Å². The number of carbonyl (C=O) groups excluding carboxylic acids is 3. The van der Waals surface area contributed by atoms with Gasteiger partial charge in [-0.1, -0.05) is 36.4 Å². The Hall–Kier alpha value is -3.67. The predicted octanol–water partition coefficient (Wildman–Crippen LogP) is 3.47. The highest BCUT2D eigenvalue weighted by Crippen LogP contribution is 2.31. The van der Waals surface area contributed by atoms with Crippen LogP contribution >= 0.6 is 0 Å². The molecule has 0 saturated carbocycles. The molecule has 0 radical (unpaired) electrons. The Bertz CT molecular complexity index is 1070. The second-order valence-corrected chi connectivity index (χ2v) is 6.47. The van der Waals surface area contributed by atoms with Gasteiger partial charge in [-0.05, 0) is 24.3 Å². The summed E-state index contributed by atoms with van der Waals surface area (Å²) in [6, 6.07) is 17.9. The van der Waals surface area contributed by atoms with Gasteiger partial charge in [-0.25, -0.2) is 0 Å². The molecule has 0 spiro atoms. The number of carbonyl (C=O) groups is 3. The van der Waals surface area contributed by atoms with E-state index in [0.29, 0.717) is 16.8 Å². The fourth-order valence-corrected chi connectivity index (χ4v) is 3.43. The van der Waals surface area contributed by atoms with E-state index in [4.69, 9.17) is 4.74 Å². The molecule has 1 heterocycles. The lowest BCUT2D eigenvalue weighted by Crippen LogP contribution is -2.32. The molecule has 0 atom stereocenters. The van der Waals surface area contributed by atoms with Crippen molar-refractivity contribution in [3.8, 4) is 5.75 Å². The number of benzene rings is 3. The van der Waals surface area contributed by atoms with Crippen molar-refractivity contribution in [3.63, 3.8) is 0 Å². The first kappa shape index (κ1) is 17.7. The van der Waals surface area contributed by atoms with Crippen LogP contribution in [0.4, 0.5) is 5.69 Å². The van der Waals surface area contributed by atoms with Crippen molar-refractivity contribution < 1.29 is 19.1 Å². The van der Waals surface area contributed by atoms with Gasteiger partial charge in [0.2, 0.25) is 5.91 Å². The molecule has 1 N–H and O–H groups in total. The molecule has 3 amide bonds. The van der Waals surface area contributed by atoms with E-state index in [-0.39, 0.29) is 30.7 Å². The molecule has 6 nitrogen and oxygen atoms in total. The summed E-state index contributed by atoms with van der Waals surface area (Å²) < 4.78 is 5.36. The molecular weight excluding hydrogens is 356 g/mol. The summed E-state index contributed by atoms with van der Waals surface area (Å²) in [4.78, 5) is 38.3. The number of imide groups is 1. The van der Waals surface area contributed by atoms with Gasteiger partial charge >= 0.3 is 0 Å². The van der Waals surface area contributed by atoms with Gasteiger partial charge in [-0.15, -0.1) is 0 Å². The maximum absolute atomic E-state index is 12.5. The van der Waals surface area contributed by atoms with Gasteiger partial charge in [-0.3, -0.25) is 19.3 Å². The van der Waals surface area contributed by atoms with Gasteiger partial charge in [0.05, 0.1) is 18.2 Å². The lowest BCUT2D eigenvalue weighted by atomic mass is 10.1. The Labute approximate surface area is 161 Å². The quantitative estimate of drug-likeness (QED) is 0.694. The lowest BCUT2D eigenvalue weighted by molar-refractivity contribution is -0.116. The molecule has 1 aliphatic rings. The summed E-state index contributed by atoms with van der Waals surface area (Å²) in [5, 5.41) is 4.62. The van der Waals surface area contributed by atoms with E-state index in [1.54, 1.807) is 43.5 Å². The summed E-state index contributed by atoms with van der Waals surface area (Å²) in [7, 11) is 1.60. The predicted molar refractivity (Wildman–Crippen MR) is 106 cm³/mol. The van der Waals surface area contributed by atoms with Crippen LogP contribution in [0.2, 0.25) is 0 Å². The normalized spacial score (nSPS) is 13.0. The van der Waals surface area contributed by atoms with E-state index < -0.39 is 0 Å². The highest BCUT2D eigenvalue weighted by Gasteiger charge is 2.34. The van der Waals surface area contributed by atoms with Crippen LogP contribution in [0.15, 0.2) is 60.7 Å². The molecule has 0 saturated heterocycles. The molecular formula is C22H18N2O4. The highest BCUT2D eigenvalue weighted by molar-refractivity contribution is 6.21. The van der Waals surface area contributed by atoms with Crippen molar-refractivity contribution in [1.29, 1.82) is 0 Å². The molecule has 4 rings (SSSR count). The topological polar surface area (TPSA) is 75.7 Å². The average molecular weight is 374 g/mol. The van der Waals surface area contributed by atoms with E-state index >= 15 is 0 Å². The lowest BCUT2D eigenvalue weighted by Gasteiger charge is -2.15. The van der Waals surface area contributed by atoms with Gasteiger partial charge in [-0.2, -0.15) is 0 Å². The largest absolute Gasteiger partial charge is 0.496 e. The number of methoxy groups -OCH3 is 1. The number of nitrogens with zero attached hydrogens (tertiary/aromatic N) is 1. The molecule has 3 aromatic rings. The van der Waals surface area contributed by atoms with Crippen molar-refractivity contribution in [2.75, 3.05) is 19.0 Å². The summed E-state index contributed by atoms with van der Waals surface area (Å²) in [6.45, 7) is 0.0340. The Morgan fingerprint density at radius 2 is 1.50 bits per heavy atom. The molecule has 28 heavy (non-hydrogen) atoms. The average Bonchev–Trinajstić information content (AvgIpc) is 2.97. The smallest absolute Gasteiger partial charge is 0.261 e. The maximum Gasteiger partial charge on any atom is 0.261 e. The second kappa shape index (κ2) is 7.15. The van der Waals surface area contributed by atoms with E-state index in [1.165, 1.54) is 0 Å². The van der Waals surface area contributed by atoms with Crippen LogP contribution in [0.25, 0.3) is 10.8 Å². The summed E-state index contributed by atoms with van der Waals surface area (Å²) in [5.41, 5.74) is 1.42. The number of hydrogen-bond donors (Lipinski definition) is 1. The van der Waals surface area contributed by atoms with Gasteiger partial charge in [0.15, 0.2) is 0 Å². The van der Waals surface area contributed by atoms with E-state index in [2.05, 4.69) is 5.32 Å². The molecule has 0 aliphatic carbocycles. The Morgan fingerprint density at radius 1 is 0.893 bits per heavy atom. The number of fused-ring (bicyclic) bond motifs is 2. The fourth-order valence-electron chi connectivity index (χ4n) is 3.43. The van der Waals surface area contributed by atoms with Crippen LogP contribution < -0.4 is 10.1 Å². The number of nitrogens with one attached hydrogen (secondary N) is 1. The molecule has 3 aromatic carbocycles. The van der Waals surface area contributed by atoms with Crippen molar-refractivity contribution in [2.45, 2.75) is 6.42 Å². The number of anilines is 1. The zero-order valence-electron chi connectivity index (χ0n) is 15.3. The van der Waals surface area contributed by atoms with Gasteiger partial charge < -0.3 is 10.1 Å². The van der Waals surface area contributed by atoms with Crippen LogP contribution in [0.5, 0.6) is 5.75 Å². The Balaban J connectivity index is 1.47. The Kier molecular flexibility index (Phi) is 4.53. The summed E-state index contributed by atoms with van der Waals surface area (Å²) in [5.74, 6) is -0.266. The molecule has 0 aromatic heterocycles. The SMILES string of the molecule is COc1ccc(NC(=O)CCN2C(=O)c3ccccc3C2=O)c2ccccc12. The number of amides is 3. The van der Waals surface area contributed by atoms with Crippen LogP contribution in [-0.4, -0.2) is 36.3 Å². The van der Waals surface area contributed by atoms with E-state index in [9.17, 15) is 14.4 Å². The minimum absolute atomic E-state index is 0.0197. The van der Waals surface area contributed by atoms with Crippen molar-refractivity contribution in [1.82, 2.24) is 4.90 Å². The molecule has 140 valence electrons. The molecule has 0 fully saturated rings. The first-order chi connectivity index (χ1) is 13.6. The van der Waals surface area contributed by atoms with Crippen LogP contribution in [0, 0.1) is 0 Å². The number of ether oxygens (including phenoxy) is 1. The zero-order chi connectivity index (χ0) is 19.7. The van der Waals surface area contributed by atoms with Gasteiger partial charge in [0, 0.05) is 29.4 Å². The van der Waals surface area contributed by atoms with E-state index in [0.717, 1.165) is 21.4 Å². The van der Waals surface area contributed by atoms with Gasteiger partial charge in [0.25, 0.3) is 11.8 Å².